The van der Waals surface area contributed by atoms with Crippen molar-refractivity contribution in [2.24, 2.45) is 0 Å². The Morgan fingerprint density at radius 3 is 2.59 bits per heavy atom. The number of methoxy groups -OCH3 is 1. The number of thioether (sulfide) groups is 1. The summed E-state index contributed by atoms with van der Waals surface area (Å²) in [7, 11) is 1.55. The predicted molar refractivity (Wildman–Crippen MR) is 131 cm³/mol. The van der Waals surface area contributed by atoms with Crippen LogP contribution in [0.1, 0.15) is 19.8 Å². The average Bonchev–Trinajstić information content (AvgIpc) is 3.27. The van der Waals surface area contributed by atoms with Gasteiger partial charge in [0.05, 0.1) is 23.8 Å². The Morgan fingerprint density at radius 1 is 1.09 bits per heavy atom. The second kappa shape index (κ2) is 10.4. The lowest BCUT2D eigenvalue weighted by molar-refractivity contribution is -0.117. The molecule has 10 nitrogen and oxygen atoms in total. The van der Waals surface area contributed by atoms with E-state index in [2.05, 4.69) is 27.8 Å². The minimum absolute atomic E-state index is 0.0563. The van der Waals surface area contributed by atoms with E-state index in [9.17, 15) is 14.4 Å². The van der Waals surface area contributed by atoms with Gasteiger partial charge in [-0.1, -0.05) is 37.2 Å². The minimum Gasteiger partial charge on any atom is -0.497 e. The molecule has 4 aromatic rings. The van der Waals surface area contributed by atoms with Crippen LogP contribution in [0.15, 0.2) is 58.5 Å². The molecule has 3 amide bonds. The molecule has 0 aliphatic rings. The number of carbonyl (C=O) groups excluding carboxylic acids is 2. The number of para-hydroxylation sites is 1. The highest BCUT2D eigenvalue weighted by molar-refractivity contribution is 7.99. The number of aromatic nitrogens is 4. The minimum atomic E-state index is -0.638. The van der Waals surface area contributed by atoms with E-state index in [1.807, 2.05) is 18.2 Å². The number of imide groups is 1. The van der Waals surface area contributed by atoms with E-state index < -0.39 is 11.9 Å². The summed E-state index contributed by atoms with van der Waals surface area (Å²) in [5.74, 6) is 0.541. The molecule has 2 aromatic heterocycles. The lowest BCUT2D eigenvalue weighted by atomic mass is 10.2. The van der Waals surface area contributed by atoms with Crippen LogP contribution in [0, 0.1) is 0 Å². The van der Waals surface area contributed by atoms with Gasteiger partial charge >= 0.3 is 6.03 Å². The molecule has 0 aliphatic carbocycles. The van der Waals surface area contributed by atoms with Crippen LogP contribution in [0.3, 0.4) is 0 Å². The Hall–Kier alpha value is -3.86. The molecule has 0 spiro atoms. The summed E-state index contributed by atoms with van der Waals surface area (Å²) in [6, 6.07) is 13.3. The maximum absolute atomic E-state index is 13.0. The number of urea groups is 1. The largest absolute Gasteiger partial charge is 0.497 e. The number of benzene rings is 2. The van der Waals surface area contributed by atoms with Gasteiger partial charge in [-0.3, -0.25) is 23.9 Å². The molecule has 0 fully saturated rings. The molecule has 11 heteroatoms. The molecule has 2 aromatic carbocycles. The van der Waals surface area contributed by atoms with Crippen LogP contribution < -0.4 is 20.9 Å². The number of amides is 3. The summed E-state index contributed by atoms with van der Waals surface area (Å²) in [4.78, 5) is 37.5. The Morgan fingerprint density at radius 2 is 1.85 bits per heavy atom. The first-order valence-corrected chi connectivity index (χ1v) is 11.7. The third kappa shape index (κ3) is 4.88. The molecule has 0 bridgehead atoms. The predicted octanol–water partition coefficient (Wildman–Crippen LogP) is 3.29. The van der Waals surface area contributed by atoms with E-state index in [1.165, 1.54) is 0 Å². The monoisotopic (exact) mass is 480 g/mol. The molecule has 0 saturated heterocycles. The second-order valence-electron chi connectivity index (χ2n) is 7.46. The number of unbranched alkanes of at least 4 members (excludes halogenated alkanes) is 1. The van der Waals surface area contributed by atoms with Crippen LogP contribution in [0.2, 0.25) is 0 Å². The zero-order chi connectivity index (χ0) is 24.1. The maximum atomic E-state index is 13.0. The Bertz CT molecular complexity index is 1400. The van der Waals surface area contributed by atoms with Gasteiger partial charge in [-0.05, 0) is 42.8 Å². The molecule has 0 unspecified atom stereocenters. The molecule has 0 saturated carbocycles. The highest BCUT2D eigenvalue weighted by Gasteiger charge is 2.18. The fourth-order valence-electron chi connectivity index (χ4n) is 3.47. The topological polar surface area (TPSA) is 120 Å². The van der Waals surface area contributed by atoms with Crippen molar-refractivity contribution >= 4 is 46.1 Å². The number of nitrogens with one attached hydrogen (secondary N) is 2. The third-order valence-electron chi connectivity index (χ3n) is 5.15. The zero-order valence-corrected chi connectivity index (χ0v) is 19.6. The van der Waals surface area contributed by atoms with Crippen LogP contribution >= 0.6 is 11.8 Å². The van der Waals surface area contributed by atoms with Crippen molar-refractivity contribution in [2.45, 2.75) is 31.5 Å². The van der Waals surface area contributed by atoms with Crippen molar-refractivity contribution in [2.75, 3.05) is 18.2 Å². The van der Waals surface area contributed by atoms with Crippen LogP contribution in [0.4, 0.5) is 10.5 Å². The molecule has 0 atom stereocenters. The van der Waals surface area contributed by atoms with Gasteiger partial charge < -0.3 is 10.1 Å². The molecule has 4 rings (SSSR count). The van der Waals surface area contributed by atoms with Gasteiger partial charge in [0, 0.05) is 12.2 Å². The first kappa shape index (κ1) is 23.3. The fourth-order valence-corrected chi connectivity index (χ4v) is 4.21. The van der Waals surface area contributed by atoms with Crippen molar-refractivity contribution in [3.8, 4) is 5.75 Å². The molecule has 0 aliphatic heterocycles. The molecule has 2 N–H and O–H groups in total. The van der Waals surface area contributed by atoms with Crippen LogP contribution in [0.25, 0.3) is 16.7 Å². The standard InChI is InChI=1S/C23H24N6O4S/c1-3-4-13-28-20(31)17-7-5-6-8-18(17)29-22(28)26-27-23(29)34-14-19(30)25-21(32)24-15-9-11-16(33-2)12-10-15/h5-12H,3-4,13-14H2,1-2H3,(H2,24,25,30,32). The summed E-state index contributed by atoms with van der Waals surface area (Å²) in [5.41, 5.74) is 1.08. The van der Waals surface area contributed by atoms with E-state index >= 15 is 0 Å². The number of nitrogens with zero attached hydrogens (tertiary/aromatic N) is 4. The number of aryl methyl sites for hydroxylation is 1. The van der Waals surface area contributed by atoms with Gasteiger partial charge in [-0.25, -0.2) is 4.79 Å². The van der Waals surface area contributed by atoms with Gasteiger partial charge in [-0.15, -0.1) is 10.2 Å². The Labute approximate surface area is 199 Å². The lowest BCUT2D eigenvalue weighted by Gasteiger charge is -2.11. The lowest BCUT2D eigenvalue weighted by Crippen LogP contribution is -2.35. The first-order chi connectivity index (χ1) is 16.5. The summed E-state index contributed by atoms with van der Waals surface area (Å²) < 4.78 is 8.48. The number of hydrogen-bond donors (Lipinski definition) is 2. The van der Waals surface area contributed by atoms with Gasteiger partial charge in [0.15, 0.2) is 5.16 Å². The van der Waals surface area contributed by atoms with Crippen molar-refractivity contribution in [1.82, 2.24) is 24.5 Å². The Balaban J connectivity index is 1.50. The average molecular weight is 481 g/mol. The van der Waals surface area contributed by atoms with Crippen LogP contribution in [-0.4, -0.2) is 44.0 Å². The molecular weight excluding hydrogens is 456 g/mol. The Kier molecular flexibility index (Phi) is 7.12. The van der Waals surface area contributed by atoms with Crippen molar-refractivity contribution in [1.29, 1.82) is 0 Å². The number of rotatable bonds is 8. The zero-order valence-electron chi connectivity index (χ0n) is 18.8. The van der Waals surface area contributed by atoms with E-state index in [0.717, 1.165) is 24.6 Å². The van der Waals surface area contributed by atoms with Crippen molar-refractivity contribution in [3.63, 3.8) is 0 Å². The third-order valence-corrected chi connectivity index (χ3v) is 6.08. The molecule has 0 radical (unpaired) electrons. The highest BCUT2D eigenvalue weighted by Crippen LogP contribution is 2.22. The SMILES string of the molecule is CCCCn1c(=O)c2ccccc2n2c(SCC(=O)NC(=O)Nc3ccc(OC)cc3)nnc12. The number of fused-ring (bicyclic) bond motifs is 3. The normalized spacial score (nSPS) is 11.0. The van der Waals surface area contributed by atoms with Crippen LogP contribution in [-0.2, 0) is 11.3 Å². The quantitative estimate of drug-likeness (QED) is 0.371. The highest BCUT2D eigenvalue weighted by atomic mass is 32.2. The van der Waals surface area contributed by atoms with Gasteiger partial charge in [0.2, 0.25) is 11.7 Å². The van der Waals surface area contributed by atoms with Crippen molar-refractivity contribution in [3.05, 3.63) is 58.9 Å². The summed E-state index contributed by atoms with van der Waals surface area (Å²) in [5, 5.41) is 14.3. The number of anilines is 1. The van der Waals surface area contributed by atoms with E-state index in [0.29, 0.717) is 39.8 Å². The molecule has 2 heterocycles. The summed E-state index contributed by atoms with van der Waals surface area (Å²) in [6.07, 6.45) is 1.76. The summed E-state index contributed by atoms with van der Waals surface area (Å²) >= 11 is 1.14. The fraction of sp³-hybridized carbons (Fsp3) is 0.261. The van der Waals surface area contributed by atoms with Gasteiger partial charge in [0.1, 0.15) is 5.75 Å². The smallest absolute Gasteiger partial charge is 0.325 e. The number of carbonyl (C=O) groups is 2. The first-order valence-electron chi connectivity index (χ1n) is 10.8. The number of ether oxygens (including phenoxy) is 1. The summed E-state index contributed by atoms with van der Waals surface area (Å²) in [6.45, 7) is 2.58. The second-order valence-corrected chi connectivity index (χ2v) is 8.41. The maximum Gasteiger partial charge on any atom is 0.325 e. The van der Waals surface area contributed by atoms with Crippen molar-refractivity contribution < 1.29 is 14.3 Å². The molecule has 176 valence electrons. The van der Waals surface area contributed by atoms with Gasteiger partial charge in [-0.2, -0.15) is 0 Å². The molecular formula is C23H24N6O4S. The van der Waals surface area contributed by atoms with Gasteiger partial charge in [0.25, 0.3) is 5.56 Å². The molecule has 34 heavy (non-hydrogen) atoms. The van der Waals surface area contributed by atoms with E-state index in [4.69, 9.17) is 4.74 Å². The van der Waals surface area contributed by atoms with Crippen LogP contribution in [0.5, 0.6) is 5.75 Å². The van der Waals surface area contributed by atoms with E-state index in [1.54, 1.807) is 46.4 Å². The van der Waals surface area contributed by atoms with E-state index in [-0.39, 0.29) is 11.3 Å². The number of hydrogen-bond acceptors (Lipinski definition) is 7.